The molecule has 5 nitrogen and oxygen atoms in total. The van der Waals surface area contributed by atoms with Crippen molar-refractivity contribution < 1.29 is 9.59 Å². The number of benzene rings is 1. The van der Waals surface area contributed by atoms with Gasteiger partial charge in [-0.05, 0) is 63.9 Å². The summed E-state index contributed by atoms with van der Waals surface area (Å²) in [6.45, 7) is 9.31. The van der Waals surface area contributed by atoms with E-state index in [1.54, 1.807) is 18.2 Å². The third-order valence-corrected chi connectivity index (χ3v) is 4.23. The predicted octanol–water partition coefficient (Wildman–Crippen LogP) is 3.94. The summed E-state index contributed by atoms with van der Waals surface area (Å²) >= 11 is 6.04. The van der Waals surface area contributed by atoms with E-state index in [2.05, 4.69) is 10.4 Å². The Morgan fingerprint density at radius 1 is 1.08 bits per heavy atom. The molecular formula is C19H22ClN3O2. The Morgan fingerprint density at radius 3 is 2.32 bits per heavy atom. The Labute approximate surface area is 153 Å². The monoisotopic (exact) mass is 359 g/mol. The first kappa shape index (κ1) is 18.9. The fraction of sp³-hybridized carbons (Fsp3) is 0.316. The lowest BCUT2D eigenvalue weighted by Crippen LogP contribution is -2.56. The first-order chi connectivity index (χ1) is 11.6. The molecule has 1 aromatic heterocycles. The van der Waals surface area contributed by atoms with Crippen LogP contribution in [0, 0.1) is 13.8 Å². The number of nitrogens with one attached hydrogen (secondary N) is 1. The number of pyridine rings is 1. The van der Waals surface area contributed by atoms with Gasteiger partial charge in [-0.25, -0.2) is 9.99 Å². The van der Waals surface area contributed by atoms with Crippen LogP contribution in [0.4, 0.5) is 0 Å². The standard InChI is InChI=1S/C19H22ClN3O2/c1-12-8-6-9-14(13(12)2)17(24)22-23(19(3,4)5)18(25)15-10-7-11-21-16(15)20/h6-11H,1-5H3,(H,22,24). The SMILES string of the molecule is Cc1cccc(C(=O)NN(C(=O)c2cccnc2Cl)C(C)(C)C)c1C. The average molecular weight is 360 g/mol. The lowest BCUT2D eigenvalue weighted by atomic mass is 10.0. The number of hydrogen-bond donors (Lipinski definition) is 1. The highest BCUT2D eigenvalue weighted by atomic mass is 35.5. The van der Waals surface area contributed by atoms with Crippen LogP contribution in [0.2, 0.25) is 5.15 Å². The van der Waals surface area contributed by atoms with Crippen molar-refractivity contribution in [2.75, 3.05) is 0 Å². The van der Waals surface area contributed by atoms with Gasteiger partial charge in [0.1, 0.15) is 5.15 Å². The molecule has 25 heavy (non-hydrogen) atoms. The first-order valence-electron chi connectivity index (χ1n) is 7.95. The maximum absolute atomic E-state index is 12.9. The number of halogens is 1. The summed E-state index contributed by atoms with van der Waals surface area (Å²) in [5.41, 5.74) is 4.73. The molecule has 1 aromatic carbocycles. The van der Waals surface area contributed by atoms with Crippen molar-refractivity contribution in [2.24, 2.45) is 0 Å². The normalized spacial score (nSPS) is 11.1. The molecule has 0 bridgehead atoms. The molecule has 0 aliphatic carbocycles. The molecule has 132 valence electrons. The highest BCUT2D eigenvalue weighted by Crippen LogP contribution is 2.20. The van der Waals surface area contributed by atoms with Gasteiger partial charge < -0.3 is 0 Å². The van der Waals surface area contributed by atoms with Gasteiger partial charge in [0, 0.05) is 11.8 Å². The van der Waals surface area contributed by atoms with E-state index in [-0.39, 0.29) is 16.6 Å². The van der Waals surface area contributed by atoms with Gasteiger partial charge in [-0.1, -0.05) is 23.7 Å². The van der Waals surface area contributed by atoms with E-state index >= 15 is 0 Å². The van der Waals surface area contributed by atoms with Crippen LogP contribution in [0.3, 0.4) is 0 Å². The van der Waals surface area contributed by atoms with E-state index < -0.39 is 11.4 Å². The molecule has 0 aliphatic rings. The molecule has 0 spiro atoms. The number of hydrazine groups is 1. The lowest BCUT2D eigenvalue weighted by Gasteiger charge is -2.35. The van der Waals surface area contributed by atoms with Crippen molar-refractivity contribution in [3.8, 4) is 0 Å². The minimum atomic E-state index is -0.649. The van der Waals surface area contributed by atoms with Gasteiger partial charge in [0.25, 0.3) is 11.8 Å². The zero-order valence-electron chi connectivity index (χ0n) is 15.1. The molecule has 1 N–H and O–H groups in total. The van der Waals surface area contributed by atoms with Crippen molar-refractivity contribution in [2.45, 2.75) is 40.2 Å². The number of rotatable bonds is 2. The van der Waals surface area contributed by atoms with Crippen LogP contribution in [0.5, 0.6) is 0 Å². The molecule has 0 unspecified atom stereocenters. The van der Waals surface area contributed by atoms with Crippen molar-refractivity contribution in [3.05, 3.63) is 63.9 Å². The van der Waals surface area contributed by atoms with Gasteiger partial charge in [-0.2, -0.15) is 0 Å². The smallest absolute Gasteiger partial charge is 0.267 e. The van der Waals surface area contributed by atoms with E-state index in [1.807, 2.05) is 46.8 Å². The second-order valence-corrected chi connectivity index (χ2v) is 7.20. The summed E-state index contributed by atoms with van der Waals surface area (Å²) in [5.74, 6) is -0.756. The Kier molecular flexibility index (Phi) is 5.48. The van der Waals surface area contributed by atoms with E-state index in [4.69, 9.17) is 11.6 Å². The molecule has 0 saturated carbocycles. The van der Waals surface area contributed by atoms with Gasteiger partial charge in [-0.15, -0.1) is 0 Å². The van der Waals surface area contributed by atoms with Crippen LogP contribution in [-0.4, -0.2) is 27.3 Å². The first-order valence-corrected chi connectivity index (χ1v) is 8.33. The summed E-state index contributed by atoms with van der Waals surface area (Å²) in [6, 6.07) is 8.71. The van der Waals surface area contributed by atoms with Crippen LogP contribution in [0.1, 0.15) is 52.6 Å². The molecule has 2 amide bonds. The van der Waals surface area contributed by atoms with Crippen LogP contribution in [0.25, 0.3) is 0 Å². The Bertz CT molecular complexity index is 813. The molecule has 0 fully saturated rings. The minimum Gasteiger partial charge on any atom is -0.267 e. The number of amides is 2. The number of carbonyl (C=O) groups excluding carboxylic acids is 2. The summed E-state index contributed by atoms with van der Waals surface area (Å²) in [4.78, 5) is 29.6. The summed E-state index contributed by atoms with van der Waals surface area (Å²) in [5, 5.41) is 1.39. The highest BCUT2D eigenvalue weighted by molar-refractivity contribution is 6.32. The Hall–Kier alpha value is -2.40. The number of aryl methyl sites for hydroxylation is 1. The maximum Gasteiger partial charge on any atom is 0.275 e. The fourth-order valence-electron chi connectivity index (χ4n) is 2.35. The summed E-state index contributed by atoms with van der Waals surface area (Å²) in [7, 11) is 0. The van der Waals surface area contributed by atoms with Crippen LogP contribution in [-0.2, 0) is 0 Å². The van der Waals surface area contributed by atoms with E-state index in [9.17, 15) is 9.59 Å². The zero-order chi connectivity index (χ0) is 18.8. The Morgan fingerprint density at radius 2 is 1.72 bits per heavy atom. The second-order valence-electron chi connectivity index (χ2n) is 6.84. The number of carbonyl (C=O) groups is 2. The largest absolute Gasteiger partial charge is 0.275 e. The van der Waals surface area contributed by atoms with Crippen molar-refractivity contribution >= 4 is 23.4 Å². The topological polar surface area (TPSA) is 62.3 Å². The quantitative estimate of drug-likeness (QED) is 0.652. The fourth-order valence-corrected chi connectivity index (χ4v) is 2.55. The molecule has 0 radical (unpaired) electrons. The molecule has 2 rings (SSSR count). The van der Waals surface area contributed by atoms with Crippen molar-refractivity contribution in [3.63, 3.8) is 0 Å². The van der Waals surface area contributed by atoms with E-state index in [0.29, 0.717) is 5.56 Å². The molecule has 0 aliphatic heterocycles. The van der Waals surface area contributed by atoms with Crippen LogP contribution in [0.15, 0.2) is 36.5 Å². The van der Waals surface area contributed by atoms with Crippen molar-refractivity contribution in [1.29, 1.82) is 0 Å². The van der Waals surface area contributed by atoms with Crippen molar-refractivity contribution in [1.82, 2.24) is 15.4 Å². The second kappa shape index (κ2) is 7.23. The number of aromatic nitrogens is 1. The molecule has 0 saturated heterocycles. The van der Waals surface area contributed by atoms with E-state index in [1.165, 1.54) is 11.2 Å². The predicted molar refractivity (Wildman–Crippen MR) is 98.6 cm³/mol. The molecular weight excluding hydrogens is 338 g/mol. The molecule has 0 atom stereocenters. The maximum atomic E-state index is 12.9. The lowest BCUT2D eigenvalue weighted by molar-refractivity contribution is 0.0358. The van der Waals surface area contributed by atoms with Gasteiger partial charge in [0.2, 0.25) is 0 Å². The summed E-state index contributed by atoms with van der Waals surface area (Å²) < 4.78 is 0. The zero-order valence-corrected chi connectivity index (χ0v) is 15.8. The minimum absolute atomic E-state index is 0.0998. The molecule has 1 heterocycles. The van der Waals surface area contributed by atoms with Gasteiger partial charge in [0.15, 0.2) is 0 Å². The van der Waals surface area contributed by atoms with Gasteiger partial charge in [-0.3, -0.25) is 15.0 Å². The van der Waals surface area contributed by atoms with Crippen LogP contribution >= 0.6 is 11.6 Å². The number of nitrogens with zero attached hydrogens (tertiary/aromatic N) is 2. The summed E-state index contributed by atoms with van der Waals surface area (Å²) in [6.07, 6.45) is 1.51. The number of hydrogen-bond acceptors (Lipinski definition) is 3. The van der Waals surface area contributed by atoms with E-state index in [0.717, 1.165) is 11.1 Å². The third kappa shape index (κ3) is 4.17. The molecule has 2 aromatic rings. The van der Waals surface area contributed by atoms with Crippen LogP contribution < -0.4 is 5.43 Å². The molecule has 6 heteroatoms. The average Bonchev–Trinajstić information content (AvgIpc) is 2.53. The third-order valence-electron chi connectivity index (χ3n) is 3.93. The highest BCUT2D eigenvalue weighted by Gasteiger charge is 2.31. The Balaban J connectivity index is 2.36. The van der Waals surface area contributed by atoms with Gasteiger partial charge in [0.05, 0.1) is 11.1 Å². The van der Waals surface area contributed by atoms with Gasteiger partial charge >= 0.3 is 0 Å².